The molecule has 1 N–H and O–H groups in total. The smallest absolute Gasteiger partial charge is 0.0509 e. The minimum absolute atomic E-state index is 0.648. The predicted molar refractivity (Wildman–Crippen MR) is 76.8 cm³/mol. The van der Waals surface area contributed by atoms with Gasteiger partial charge in [-0.25, -0.2) is 0 Å². The van der Waals surface area contributed by atoms with E-state index in [1.54, 1.807) is 5.57 Å². The molecule has 1 fully saturated rings. The Balaban J connectivity index is 1.88. The Morgan fingerprint density at radius 1 is 1.39 bits per heavy atom. The van der Waals surface area contributed by atoms with Gasteiger partial charge < -0.3 is 10.1 Å². The Labute approximate surface area is 112 Å². The van der Waals surface area contributed by atoms with Crippen LogP contribution < -0.4 is 5.32 Å². The first-order valence-electron chi connectivity index (χ1n) is 7.89. The predicted octanol–water partition coefficient (Wildman–Crippen LogP) is 3.67. The molecule has 0 spiro atoms. The van der Waals surface area contributed by atoms with Gasteiger partial charge in [0.25, 0.3) is 0 Å². The lowest BCUT2D eigenvalue weighted by Crippen LogP contribution is -2.41. The number of hydrogen-bond donors (Lipinski definition) is 1. The Morgan fingerprint density at radius 2 is 2.33 bits per heavy atom. The minimum Gasteiger partial charge on any atom is -0.381 e. The molecule has 0 bridgehead atoms. The van der Waals surface area contributed by atoms with Crippen molar-refractivity contribution in [1.29, 1.82) is 0 Å². The molecule has 1 heterocycles. The molecule has 2 heteroatoms. The van der Waals surface area contributed by atoms with Crippen molar-refractivity contribution in [1.82, 2.24) is 5.32 Å². The van der Waals surface area contributed by atoms with Gasteiger partial charge in [-0.3, -0.25) is 0 Å². The summed E-state index contributed by atoms with van der Waals surface area (Å²) in [5.41, 5.74) is 1.69. The zero-order valence-corrected chi connectivity index (χ0v) is 11.9. The van der Waals surface area contributed by atoms with Crippen LogP contribution in [0.5, 0.6) is 0 Å². The van der Waals surface area contributed by atoms with Gasteiger partial charge >= 0.3 is 0 Å². The van der Waals surface area contributed by atoms with Crippen molar-refractivity contribution in [3.8, 4) is 0 Å². The fraction of sp³-hybridized carbons (Fsp3) is 0.875. The molecule has 18 heavy (non-hydrogen) atoms. The lowest BCUT2D eigenvalue weighted by molar-refractivity contribution is 0.0392. The first-order chi connectivity index (χ1) is 8.90. The highest BCUT2D eigenvalue weighted by atomic mass is 16.5. The highest BCUT2D eigenvalue weighted by Gasteiger charge is 2.24. The summed E-state index contributed by atoms with van der Waals surface area (Å²) < 4.78 is 5.67. The van der Waals surface area contributed by atoms with Crippen LogP contribution in [0.3, 0.4) is 0 Å². The molecule has 0 aromatic rings. The highest BCUT2D eigenvalue weighted by molar-refractivity contribution is 5.07. The van der Waals surface area contributed by atoms with E-state index in [4.69, 9.17) is 4.74 Å². The molecule has 1 aliphatic carbocycles. The van der Waals surface area contributed by atoms with Gasteiger partial charge in [-0.2, -0.15) is 0 Å². The third-order valence-corrected chi connectivity index (χ3v) is 4.29. The monoisotopic (exact) mass is 251 g/mol. The van der Waals surface area contributed by atoms with Crippen LogP contribution >= 0.6 is 0 Å². The van der Waals surface area contributed by atoms with Crippen molar-refractivity contribution in [2.24, 2.45) is 5.92 Å². The highest BCUT2D eigenvalue weighted by Crippen LogP contribution is 2.26. The zero-order chi connectivity index (χ0) is 12.6. The summed E-state index contributed by atoms with van der Waals surface area (Å²) in [6, 6.07) is 0.648. The van der Waals surface area contributed by atoms with Crippen molar-refractivity contribution in [2.45, 2.75) is 64.3 Å². The molecule has 1 saturated heterocycles. The number of hydrogen-bond acceptors (Lipinski definition) is 2. The summed E-state index contributed by atoms with van der Waals surface area (Å²) in [7, 11) is 0. The molecule has 0 amide bonds. The van der Waals surface area contributed by atoms with Crippen molar-refractivity contribution in [3.05, 3.63) is 11.6 Å². The Bertz CT molecular complexity index is 256. The molecule has 2 aliphatic rings. The van der Waals surface area contributed by atoms with E-state index >= 15 is 0 Å². The summed E-state index contributed by atoms with van der Waals surface area (Å²) in [4.78, 5) is 0. The Kier molecular flexibility index (Phi) is 6.22. The quantitative estimate of drug-likeness (QED) is 0.727. The van der Waals surface area contributed by atoms with Crippen LogP contribution in [0.15, 0.2) is 11.6 Å². The molecule has 2 rings (SSSR count). The molecule has 2 nitrogen and oxygen atoms in total. The summed E-state index contributed by atoms with van der Waals surface area (Å²) in [6.07, 6.45) is 13.0. The van der Waals surface area contributed by atoms with E-state index in [2.05, 4.69) is 18.3 Å². The number of nitrogens with one attached hydrogen (secondary N) is 1. The molecule has 2 atom stereocenters. The Morgan fingerprint density at radius 3 is 3.00 bits per heavy atom. The third-order valence-electron chi connectivity index (χ3n) is 4.29. The van der Waals surface area contributed by atoms with Gasteiger partial charge in [0.1, 0.15) is 0 Å². The first kappa shape index (κ1) is 14.1. The summed E-state index contributed by atoms with van der Waals surface area (Å²) in [5, 5.41) is 3.77. The van der Waals surface area contributed by atoms with Crippen LogP contribution in [0.1, 0.15) is 58.3 Å². The number of rotatable bonds is 6. The molecular weight excluding hydrogens is 222 g/mol. The van der Waals surface area contributed by atoms with Gasteiger partial charge in [-0.05, 0) is 63.8 Å². The van der Waals surface area contributed by atoms with E-state index in [1.807, 2.05) is 0 Å². The first-order valence-corrected chi connectivity index (χ1v) is 7.89. The second-order valence-electron chi connectivity index (χ2n) is 5.85. The van der Waals surface area contributed by atoms with E-state index in [0.29, 0.717) is 6.04 Å². The summed E-state index contributed by atoms with van der Waals surface area (Å²) in [6.45, 7) is 5.34. The van der Waals surface area contributed by atoms with Gasteiger partial charge in [0.15, 0.2) is 0 Å². The largest absolute Gasteiger partial charge is 0.381 e. The standard InChI is InChI=1S/C16H29NO/c1-2-10-17-16(15-9-6-11-18-13-15)12-14-7-4-3-5-8-14/h7,15-17H,2-6,8-13H2,1H3. The van der Waals surface area contributed by atoms with Crippen LogP contribution in [0.4, 0.5) is 0 Å². The maximum Gasteiger partial charge on any atom is 0.0509 e. The van der Waals surface area contributed by atoms with Gasteiger partial charge in [-0.1, -0.05) is 18.6 Å². The van der Waals surface area contributed by atoms with E-state index < -0.39 is 0 Å². The zero-order valence-electron chi connectivity index (χ0n) is 11.9. The molecule has 0 aromatic carbocycles. The van der Waals surface area contributed by atoms with Crippen LogP contribution in [-0.2, 0) is 4.74 Å². The molecule has 1 aliphatic heterocycles. The fourth-order valence-electron chi connectivity index (χ4n) is 3.19. The number of ether oxygens (including phenoxy) is 1. The lowest BCUT2D eigenvalue weighted by Gasteiger charge is -2.32. The molecule has 104 valence electrons. The van der Waals surface area contributed by atoms with Crippen molar-refractivity contribution < 1.29 is 4.74 Å². The van der Waals surface area contributed by atoms with E-state index in [-0.39, 0.29) is 0 Å². The van der Waals surface area contributed by atoms with Gasteiger partial charge in [-0.15, -0.1) is 0 Å². The summed E-state index contributed by atoms with van der Waals surface area (Å²) >= 11 is 0. The third kappa shape index (κ3) is 4.40. The molecule has 0 radical (unpaired) electrons. The second kappa shape index (κ2) is 7.96. The topological polar surface area (TPSA) is 21.3 Å². The molecular formula is C16H29NO. The normalized spacial score (nSPS) is 26.7. The molecule has 0 aromatic heterocycles. The molecule has 0 saturated carbocycles. The van der Waals surface area contributed by atoms with Gasteiger partial charge in [0.2, 0.25) is 0 Å². The fourth-order valence-corrected chi connectivity index (χ4v) is 3.19. The number of allylic oxidation sites excluding steroid dienone is 1. The minimum atomic E-state index is 0.648. The molecule has 2 unspecified atom stereocenters. The van der Waals surface area contributed by atoms with Crippen molar-refractivity contribution >= 4 is 0 Å². The van der Waals surface area contributed by atoms with Crippen molar-refractivity contribution in [2.75, 3.05) is 19.8 Å². The second-order valence-corrected chi connectivity index (χ2v) is 5.85. The van der Waals surface area contributed by atoms with Crippen LogP contribution in [0.2, 0.25) is 0 Å². The SMILES string of the molecule is CCCNC(CC1=CCCCC1)C1CCCOC1. The summed E-state index contributed by atoms with van der Waals surface area (Å²) in [5.74, 6) is 0.730. The van der Waals surface area contributed by atoms with Crippen LogP contribution in [0.25, 0.3) is 0 Å². The van der Waals surface area contributed by atoms with E-state index in [9.17, 15) is 0 Å². The average molecular weight is 251 g/mol. The Hall–Kier alpha value is -0.340. The van der Waals surface area contributed by atoms with Gasteiger partial charge in [0, 0.05) is 12.6 Å². The van der Waals surface area contributed by atoms with E-state index in [0.717, 1.165) is 25.7 Å². The van der Waals surface area contributed by atoms with Crippen LogP contribution in [0, 0.1) is 5.92 Å². The maximum atomic E-state index is 5.67. The van der Waals surface area contributed by atoms with Gasteiger partial charge in [0.05, 0.1) is 6.61 Å². The van der Waals surface area contributed by atoms with Crippen LogP contribution in [-0.4, -0.2) is 25.8 Å². The average Bonchev–Trinajstić information content (AvgIpc) is 2.45. The van der Waals surface area contributed by atoms with Crippen molar-refractivity contribution in [3.63, 3.8) is 0 Å². The van der Waals surface area contributed by atoms with E-state index in [1.165, 1.54) is 51.4 Å². The lowest BCUT2D eigenvalue weighted by atomic mass is 9.86. The maximum absolute atomic E-state index is 5.67.